The van der Waals surface area contributed by atoms with Crippen LogP contribution in [-0.2, 0) is 6.42 Å². The van der Waals surface area contributed by atoms with Crippen molar-refractivity contribution in [3.05, 3.63) is 69.8 Å². The number of hydrogen-bond donors (Lipinski definition) is 1. The number of hydrogen-bond acceptors (Lipinski definition) is 1. The summed E-state index contributed by atoms with van der Waals surface area (Å²) in [5.74, 6) is -1.11. The van der Waals surface area contributed by atoms with E-state index >= 15 is 0 Å². The molecular weight excluding hydrogens is 256 g/mol. The molecule has 1 atom stereocenters. The van der Waals surface area contributed by atoms with Crippen molar-refractivity contribution in [1.29, 1.82) is 0 Å². The van der Waals surface area contributed by atoms with Crippen molar-refractivity contribution in [3.63, 3.8) is 0 Å². The lowest BCUT2D eigenvalue weighted by Gasteiger charge is -2.19. The van der Waals surface area contributed by atoms with Gasteiger partial charge < -0.3 is 5.73 Å². The number of halogens is 2. The maximum atomic E-state index is 13.7. The molecule has 0 aliphatic carbocycles. The molecule has 2 rings (SSSR count). The Labute approximate surface area is 118 Å². The average Bonchev–Trinajstić information content (AvgIpc) is 2.31. The second kappa shape index (κ2) is 5.71. The van der Waals surface area contributed by atoms with E-state index in [0.717, 1.165) is 22.8 Å². The van der Waals surface area contributed by atoms with Gasteiger partial charge in [0, 0.05) is 12.1 Å². The van der Waals surface area contributed by atoms with Gasteiger partial charge in [-0.1, -0.05) is 23.8 Å². The van der Waals surface area contributed by atoms with E-state index in [1.807, 2.05) is 20.8 Å². The van der Waals surface area contributed by atoms with Crippen molar-refractivity contribution >= 4 is 0 Å². The van der Waals surface area contributed by atoms with Crippen molar-refractivity contribution in [1.82, 2.24) is 0 Å². The summed E-state index contributed by atoms with van der Waals surface area (Å²) < 4.78 is 26.6. The van der Waals surface area contributed by atoms with Gasteiger partial charge in [-0.15, -0.1) is 0 Å². The van der Waals surface area contributed by atoms with Gasteiger partial charge in [0.25, 0.3) is 0 Å². The highest BCUT2D eigenvalue weighted by Gasteiger charge is 2.15. The molecule has 0 fully saturated rings. The lowest BCUT2D eigenvalue weighted by molar-refractivity contribution is 0.562. The molecule has 1 unspecified atom stereocenters. The third kappa shape index (κ3) is 3.05. The first-order valence-electron chi connectivity index (χ1n) is 6.65. The summed E-state index contributed by atoms with van der Waals surface area (Å²) in [6.07, 6.45) is 0.358. The Hall–Kier alpha value is -1.74. The fourth-order valence-corrected chi connectivity index (χ4v) is 2.80. The topological polar surface area (TPSA) is 26.0 Å². The SMILES string of the molecule is Cc1cc(C)c(C(N)Cc2ccc(F)cc2F)c(C)c1. The number of aryl methyl sites for hydroxylation is 3. The highest BCUT2D eigenvalue weighted by molar-refractivity contribution is 5.40. The summed E-state index contributed by atoms with van der Waals surface area (Å²) in [4.78, 5) is 0. The van der Waals surface area contributed by atoms with E-state index in [1.165, 1.54) is 17.7 Å². The van der Waals surface area contributed by atoms with Gasteiger partial charge in [-0.2, -0.15) is 0 Å². The minimum absolute atomic E-state index is 0.296. The molecule has 0 heterocycles. The van der Waals surface area contributed by atoms with Gasteiger partial charge >= 0.3 is 0 Å². The van der Waals surface area contributed by atoms with Gasteiger partial charge in [-0.25, -0.2) is 8.78 Å². The molecule has 2 N–H and O–H groups in total. The molecule has 0 radical (unpaired) electrons. The van der Waals surface area contributed by atoms with Crippen LogP contribution < -0.4 is 5.73 Å². The second-order valence-electron chi connectivity index (χ2n) is 5.36. The van der Waals surface area contributed by atoms with E-state index in [4.69, 9.17) is 5.73 Å². The summed E-state index contributed by atoms with van der Waals surface area (Å²) in [6, 6.07) is 7.47. The van der Waals surface area contributed by atoms with Crippen LogP contribution in [-0.4, -0.2) is 0 Å². The highest BCUT2D eigenvalue weighted by Crippen LogP contribution is 2.25. The summed E-state index contributed by atoms with van der Waals surface area (Å²) >= 11 is 0. The molecule has 2 aromatic carbocycles. The lowest BCUT2D eigenvalue weighted by Crippen LogP contribution is -2.17. The van der Waals surface area contributed by atoms with Crippen LogP contribution in [0.5, 0.6) is 0 Å². The van der Waals surface area contributed by atoms with Crippen LogP contribution in [0.2, 0.25) is 0 Å². The molecule has 2 aromatic rings. The zero-order valence-electron chi connectivity index (χ0n) is 12.0. The van der Waals surface area contributed by atoms with Crippen LogP contribution in [0, 0.1) is 32.4 Å². The van der Waals surface area contributed by atoms with E-state index in [0.29, 0.717) is 12.0 Å². The van der Waals surface area contributed by atoms with Crippen molar-refractivity contribution in [2.75, 3.05) is 0 Å². The molecule has 0 saturated carbocycles. The van der Waals surface area contributed by atoms with Crippen molar-refractivity contribution in [2.45, 2.75) is 33.2 Å². The third-order valence-electron chi connectivity index (χ3n) is 3.56. The maximum Gasteiger partial charge on any atom is 0.129 e. The highest BCUT2D eigenvalue weighted by atomic mass is 19.1. The monoisotopic (exact) mass is 275 g/mol. The molecule has 0 bridgehead atoms. The first-order valence-corrected chi connectivity index (χ1v) is 6.65. The Bertz CT molecular complexity index is 612. The minimum Gasteiger partial charge on any atom is -0.324 e. The Morgan fingerprint density at radius 2 is 1.60 bits per heavy atom. The molecule has 0 saturated heterocycles. The molecule has 106 valence electrons. The van der Waals surface area contributed by atoms with E-state index in [2.05, 4.69) is 12.1 Å². The van der Waals surface area contributed by atoms with Gasteiger partial charge in [0.15, 0.2) is 0 Å². The van der Waals surface area contributed by atoms with Gasteiger partial charge in [0.2, 0.25) is 0 Å². The van der Waals surface area contributed by atoms with Crippen LogP contribution >= 0.6 is 0 Å². The quantitative estimate of drug-likeness (QED) is 0.895. The predicted molar refractivity (Wildman–Crippen MR) is 77.6 cm³/mol. The Morgan fingerprint density at radius 1 is 1.00 bits per heavy atom. The molecule has 0 aliphatic rings. The third-order valence-corrected chi connectivity index (χ3v) is 3.56. The average molecular weight is 275 g/mol. The van der Waals surface area contributed by atoms with Gasteiger partial charge in [-0.05, 0) is 55.5 Å². The Kier molecular flexibility index (Phi) is 4.19. The van der Waals surface area contributed by atoms with Crippen LogP contribution in [0.1, 0.15) is 33.9 Å². The lowest BCUT2D eigenvalue weighted by atomic mass is 9.91. The molecular formula is C17H19F2N. The Balaban J connectivity index is 2.31. The van der Waals surface area contributed by atoms with E-state index in [1.54, 1.807) is 0 Å². The molecule has 0 spiro atoms. The summed E-state index contributed by atoms with van der Waals surface area (Å²) in [5, 5.41) is 0. The standard InChI is InChI=1S/C17H19F2N/c1-10-6-11(2)17(12(3)7-10)16(20)8-13-4-5-14(18)9-15(13)19/h4-7,9,16H,8,20H2,1-3H3. The fraction of sp³-hybridized carbons (Fsp3) is 0.294. The van der Waals surface area contributed by atoms with Gasteiger partial charge in [0.1, 0.15) is 11.6 Å². The molecule has 0 aromatic heterocycles. The molecule has 3 heteroatoms. The Morgan fingerprint density at radius 3 is 2.15 bits per heavy atom. The zero-order chi connectivity index (χ0) is 14.9. The second-order valence-corrected chi connectivity index (χ2v) is 5.36. The normalized spacial score (nSPS) is 12.5. The van der Waals surface area contributed by atoms with Gasteiger partial charge in [-0.3, -0.25) is 0 Å². The first-order chi connectivity index (χ1) is 9.38. The van der Waals surface area contributed by atoms with Crippen LogP contribution in [0.3, 0.4) is 0 Å². The van der Waals surface area contributed by atoms with Crippen molar-refractivity contribution in [2.24, 2.45) is 5.73 Å². The van der Waals surface area contributed by atoms with Gasteiger partial charge in [0.05, 0.1) is 0 Å². The van der Waals surface area contributed by atoms with Crippen molar-refractivity contribution in [3.8, 4) is 0 Å². The molecule has 0 amide bonds. The fourth-order valence-electron chi connectivity index (χ4n) is 2.80. The molecule has 0 aliphatic heterocycles. The largest absolute Gasteiger partial charge is 0.324 e. The van der Waals surface area contributed by atoms with Crippen molar-refractivity contribution < 1.29 is 8.78 Å². The van der Waals surface area contributed by atoms with E-state index in [-0.39, 0.29) is 6.04 Å². The summed E-state index contributed by atoms with van der Waals surface area (Å²) in [6.45, 7) is 6.06. The van der Waals surface area contributed by atoms with Crippen LogP contribution in [0.15, 0.2) is 30.3 Å². The van der Waals surface area contributed by atoms with E-state index < -0.39 is 11.6 Å². The zero-order valence-corrected chi connectivity index (χ0v) is 12.0. The van der Waals surface area contributed by atoms with Crippen LogP contribution in [0.4, 0.5) is 8.78 Å². The smallest absolute Gasteiger partial charge is 0.129 e. The first kappa shape index (κ1) is 14.7. The predicted octanol–water partition coefficient (Wildman–Crippen LogP) is 4.13. The maximum absolute atomic E-state index is 13.7. The molecule has 20 heavy (non-hydrogen) atoms. The number of benzene rings is 2. The minimum atomic E-state index is -0.567. The van der Waals surface area contributed by atoms with E-state index in [9.17, 15) is 8.78 Å². The summed E-state index contributed by atoms with van der Waals surface area (Å²) in [7, 11) is 0. The summed E-state index contributed by atoms with van der Waals surface area (Å²) in [5.41, 5.74) is 11.1. The number of rotatable bonds is 3. The molecule has 1 nitrogen and oxygen atoms in total. The van der Waals surface area contributed by atoms with Crippen LogP contribution in [0.25, 0.3) is 0 Å². The number of nitrogens with two attached hydrogens (primary N) is 1.